The number of alkyl halides is 3. The third kappa shape index (κ3) is 3.38. The van der Waals surface area contributed by atoms with Gasteiger partial charge in [0.05, 0.1) is 16.2 Å². The van der Waals surface area contributed by atoms with Crippen LogP contribution in [0.4, 0.5) is 13.2 Å². The Labute approximate surface area is 108 Å². The monoisotopic (exact) mass is 277 g/mol. The van der Waals surface area contributed by atoms with Crippen LogP contribution in [-0.2, 0) is 6.18 Å². The molecule has 0 atom stereocenters. The Morgan fingerprint density at radius 2 is 1.94 bits per heavy atom. The van der Waals surface area contributed by atoms with E-state index in [1.807, 2.05) is 0 Å². The first-order chi connectivity index (χ1) is 8.39. The van der Waals surface area contributed by atoms with Gasteiger partial charge in [0.2, 0.25) is 0 Å². The maximum absolute atomic E-state index is 12.3. The highest BCUT2D eigenvalue weighted by Gasteiger charge is 2.32. The zero-order valence-corrected chi connectivity index (χ0v) is 10.5. The summed E-state index contributed by atoms with van der Waals surface area (Å²) >= 11 is 1.31. The Kier molecular flexibility index (Phi) is 3.87. The molecule has 0 unspecified atom stereocenters. The fourth-order valence-electron chi connectivity index (χ4n) is 2.02. The molecule has 2 rings (SSSR count). The first-order valence-electron chi connectivity index (χ1n) is 5.78. The van der Waals surface area contributed by atoms with Gasteiger partial charge in [-0.1, -0.05) is 12.8 Å². The van der Waals surface area contributed by atoms with Crippen LogP contribution in [-0.4, -0.2) is 21.4 Å². The molecule has 1 aliphatic rings. The minimum atomic E-state index is -4.35. The lowest BCUT2D eigenvalue weighted by Gasteiger charge is -2.20. The highest BCUT2D eigenvalue weighted by molar-refractivity contribution is 7.99. The third-order valence-electron chi connectivity index (χ3n) is 3.09. The SMILES string of the molecule is OC1(CSc2ccc(C(F)(F)F)cn2)CCCC1. The summed E-state index contributed by atoms with van der Waals surface area (Å²) in [5, 5.41) is 10.6. The van der Waals surface area contributed by atoms with Crippen molar-refractivity contribution in [3.8, 4) is 0 Å². The first kappa shape index (κ1) is 13.7. The zero-order chi connectivity index (χ0) is 13.2. The minimum absolute atomic E-state index is 0.491. The number of rotatable bonds is 3. The normalized spacial score (nSPS) is 19.1. The number of hydrogen-bond donors (Lipinski definition) is 1. The molecule has 2 nitrogen and oxygen atoms in total. The van der Waals surface area contributed by atoms with Crippen LogP contribution in [0, 0.1) is 0 Å². The molecule has 0 bridgehead atoms. The maximum Gasteiger partial charge on any atom is 0.417 e. The second kappa shape index (κ2) is 5.09. The molecule has 0 aromatic carbocycles. The smallest absolute Gasteiger partial charge is 0.389 e. The summed E-state index contributed by atoms with van der Waals surface area (Å²) in [6, 6.07) is 2.37. The topological polar surface area (TPSA) is 33.1 Å². The summed E-state index contributed by atoms with van der Waals surface area (Å²) in [5.41, 5.74) is -1.42. The van der Waals surface area contributed by atoms with Crippen molar-refractivity contribution >= 4 is 11.8 Å². The number of nitrogens with zero attached hydrogens (tertiary/aromatic N) is 1. The van der Waals surface area contributed by atoms with Crippen LogP contribution in [0.5, 0.6) is 0 Å². The van der Waals surface area contributed by atoms with Gasteiger partial charge in [-0.05, 0) is 25.0 Å². The molecule has 1 heterocycles. The molecule has 6 heteroatoms. The van der Waals surface area contributed by atoms with Gasteiger partial charge in [-0.15, -0.1) is 11.8 Å². The Balaban J connectivity index is 1.94. The summed E-state index contributed by atoms with van der Waals surface area (Å²) in [4.78, 5) is 3.77. The van der Waals surface area contributed by atoms with Crippen LogP contribution in [0.2, 0.25) is 0 Å². The van der Waals surface area contributed by atoms with Gasteiger partial charge < -0.3 is 5.11 Å². The highest BCUT2D eigenvalue weighted by Crippen LogP contribution is 2.35. The van der Waals surface area contributed by atoms with Crippen LogP contribution < -0.4 is 0 Å². The second-order valence-electron chi connectivity index (χ2n) is 4.60. The first-order valence-corrected chi connectivity index (χ1v) is 6.76. The molecular formula is C12H14F3NOS. The van der Waals surface area contributed by atoms with E-state index < -0.39 is 17.3 Å². The lowest BCUT2D eigenvalue weighted by Crippen LogP contribution is -2.27. The van der Waals surface area contributed by atoms with E-state index in [-0.39, 0.29) is 0 Å². The molecule has 0 saturated heterocycles. The molecule has 1 aliphatic carbocycles. The third-order valence-corrected chi connectivity index (χ3v) is 4.31. The molecule has 0 aliphatic heterocycles. The molecule has 100 valence electrons. The number of thioether (sulfide) groups is 1. The second-order valence-corrected chi connectivity index (χ2v) is 5.60. The molecule has 0 radical (unpaired) electrons. The molecule has 1 saturated carbocycles. The van der Waals surface area contributed by atoms with Crippen LogP contribution in [0.15, 0.2) is 23.4 Å². The van der Waals surface area contributed by atoms with Crippen molar-refractivity contribution in [3.63, 3.8) is 0 Å². The van der Waals surface area contributed by atoms with E-state index in [1.165, 1.54) is 17.8 Å². The molecule has 18 heavy (non-hydrogen) atoms. The maximum atomic E-state index is 12.3. The van der Waals surface area contributed by atoms with E-state index in [1.54, 1.807) is 0 Å². The van der Waals surface area contributed by atoms with E-state index in [0.717, 1.165) is 37.9 Å². The van der Waals surface area contributed by atoms with Gasteiger partial charge in [0.1, 0.15) is 0 Å². The number of aromatic nitrogens is 1. The Bertz CT molecular complexity index is 399. The van der Waals surface area contributed by atoms with Gasteiger partial charge in [0.25, 0.3) is 0 Å². The predicted octanol–water partition coefficient (Wildman–Crippen LogP) is 3.50. The van der Waals surface area contributed by atoms with Crippen molar-refractivity contribution in [1.29, 1.82) is 0 Å². The van der Waals surface area contributed by atoms with E-state index in [4.69, 9.17) is 0 Å². The van der Waals surface area contributed by atoms with Crippen molar-refractivity contribution in [2.75, 3.05) is 5.75 Å². The molecule has 0 amide bonds. The van der Waals surface area contributed by atoms with Crippen LogP contribution in [0.25, 0.3) is 0 Å². The lowest BCUT2D eigenvalue weighted by molar-refractivity contribution is -0.137. The van der Waals surface area contributed by atoms with Crippen molar-refractivity contribution in [3.05, 3.63) is 23.9 Å². The Hall–Kier alpha value is -0.750. The number of pyridine rings is 1. The van der Waals surface area contributed by atoms with E-state index >= 15 is 0 Å². The summed E-state index contributed by atoms with van der Waals surface area (Å²) < 4.78 is 37.0. The molecule has 1 aromatic rings. The number of aliphatic hydroxyl groups is 1. The number of halogens is 3. The molecule has 1 aromatic heterocycles. The average molecular weight is 277 g/mol. The summed E-state index contributed by atoms with van der Waals surface area (Å²) in [5.74, 6) is 0.491. The van der Waals surface area contributed by atoms with E-state index in [0.29, 0.717) is 10.8 Å². The van der Waals surface area contributed by atoms with Crippen LogP contribution in [0.3, 0.4) is 0 Å². The van der Waals surface area contributed by atoms with Crippen molar-refractivity contribution in [2.45, 2.75) is 42.5 Å². The summed E-state index contributed by atoms with van der Waals surface area (Å²) in [6.07, 6.45) is 0.0388. The average Bonchev–Trinajstić information content (AvgIpc) is 2.74. The van der Waals surface area contributed by atoms with E-state index in [9.17, 15) is 18.3 Å². The fourth-order valence-corrected chi connectivity index (χ4v) is 3.02. The minimum Gasteiger partial charge on any atom is -0.389 e. The van der Waals surface area contributed by atoms with Crippen molar-refractivity contribution in [2.24, 2.45) is 0 Å². The van der Waals surface area contributed by atoms with Crippen molar-refractivity contribution < 1.29 is 18.3 Å². The van der Waals surface area contributed by atoms with Crippen molar-refractivity contribution in [1.82, 2.24) is 4.98 Å². The van der Waals surface area contributed by atoms with Gasteiger partial charge in [-0.3, -0.25) is 0 Å². The van der Waals surface area contributed by atoms with Gasteiger partial charge in [0, 0.05) is 11.9 Å². The van der Waals surface area contributed by atoms with Crippen LogP contribution >= 0.6 is 11.8 Å². The quantitative estimate of drug-likeness (QED) is 0.858. The van der Waals surface area contributed by atoms with Gasteiger partial charge in [0.15, 0.2) is 0 Å². The summed E-state index contributed by atoms with van der Waals surface area (Å²) in [7, 11) is 0. The molecule has 1 N–H and O–H groups in total. The lowest BCUT2D eigenvalue weighted by atomic mass is 10.1. The standard InChI is InChI=1S/C12H14F3NOS/c13-12(14,15)9-3-4-10(16-7-9)18-8-11(17)5-1-2-6-11/h3-4,7,17H,1-2,5-6,8H2. The fraction of sp³-hybridized carbons (Fsp3) is 0.583. The van der Waals surface area contributed by atoms with Crippen LogP contribution in [0.1, 0.15) is 31.2 Å². The Morgan fingerprint density at radius 1 is 1.28 bits per heavy atom. The Morgan fingerprint density at radius 3 is 2.44 bits per heavy atom. The summed E-state index contributed by atoms with van der Waals surface area (Å²) in [6.45, 7) is 0. The van der Waals surface area contributed by atoms with Gasteiger partial charge >= 0.3 is 6.18 Å². The van der Waals surface area contributed by atoms with Gasteiger partial charge in [-0.25, -0.2) is 4.98 Å². The van der Waals surface area contributed by atoms with Gasteiger partial charge in [-0.2, -0.15) is 13.2 Å². The molecule has 1 fully saturated rings. The predicted molar refractivity (Wildman–Crippen MR) is 63.4 cm³/mol. The molecular weight excluding hydrogens is 263 g/mol. The van der Waals surface area contributed by atoms with E-state index in [2.05, 4.69) is 4.98 Å². The number of hydrogen-bond acceptors (Lipinski definition) is 3. The largest absolute Gasteiger partial charge is 0.417 e. The zero-order valence-electron chi connectivity index (χ0n) is 9.70. The highest BCUT2D eigenvalue weighted by atomic mass is 32.2. The molecule has 0 spiro atoms.